The second kappa shape index (κ2) is 4.58. The normalized spacial score (nSPS) is 26.6. The van der Waals surface area contributed by atoms with Gasteiger partial charge in [0.2, 0.25) is 0 Å². The van der Waals surface area contributed by atoms with Gasteiger partial charge in [-0.15, -0.1) is 0 Å². The summed E-state index contributed by atoms with van der Waals surface area (Å²) < 4.78 is 2.39. The minimum Gasteiger partial charge on any atom is -0.333 e. The summed E-state index contributed by atoms with van der Waals surface area (Å²) in [6, 6.07) is 0.675. The maximum atomic E-state index is 4.58. The van der Waals surface area contributed by atoms with E-state index >= 15 is 0 Å². The van der Waals surface area contributed by atoms with Gasteiger partial charge >= 0.3 is 0 Å². The Balaban J connectivity index is 1.71. The minimum absolute atomic E-state index is 0.675. The van der Waals surface area contributed by atoms with Gasteiger partial charge in [-0.05, 0) is 32.2 Å². The van der Waals surface area contributed by atoms with Crippen molar-refractivity contribution < 1.29 is 0 Å². The highest BCUT2D eigenvalue weighted by Crippen LogP contribution is 2.33. The molecular weight excluding hydrogens is 198 g/mol. The molecule has 2 aliphatic rings. The van der Waals surface area contributed by atoms with Crippen molar-refractivity contribution in [3.05, 3.63) is 18.2 Å². The average molecular weight is 219 g/mol. The lowest BCUT2D eigenvalue weighted by molar-refractivity contribution is 0.481. The van der Waals surface area contributed by atoms with E-state index in [2.05, 4.69) is 21.1 Å². The van der Waals surface area contributed by atoms with Crippen molar-refractivity contribution in [3.63, 3.8) is 0 Å². The summed E-state index contributed by atoms with van der Waals surface area (Å²) >= 11 is 0. The highest BCUT2D eigenvalue weighted by atomic mass is 15.1. The molecule has 1 aromatic heterocycles. The molecule has 0 bridgehead atoms. The van der Waals surface area contributed by atoms with Gasteiger partial charge in [0.25, 0.3) is 0 Å². The minimum atomic E-state index is 0.675. The molecule has 88 valence electrons. The van der Waals surface area contributed by atoms with Crippen LogP contribution < -0.4 is 5.32 Å². The second-order valence-electron chi connectivity index (χ2n) is 5.21. The number of imidazole rings is 1. The largest absolute Gasteiger partial charge is 0.333 e. The Kier molecular flexibility index (Phi) is 2.96. The zero-order chi connectivity index (χ0) is 10.8. The van der Waals surface area contributed by atoms with Crippen molar-refractivity contribution in [2.45, 2.75) is 57.0 Å². The molecule has 2 heterocycles. The van der Waals surface area contributed by atoms with Crippen LogP contribution in [0.15, 0.2) is 12.4 Å². The van der Waals surface area contributed by atoms with E-state index in [0.29, 0.717) is 6.04 Å². The fraction of sp³-hybridized carbons (Fsp3) is 0.769. The Hall–Kier alpha value is -0.830. The van der Waals surface area contributed by atoms with Gasteiger partial charge in [0.1, 0.15) is 5.82 Å². The molecule has 1 saturated carbocycles. The Bertz CT molecular complexity index is 333. The summed E-state index contributed by atoms with van der Waals surface area (Å²) in [4.78, 5) is 4.58. The van der Waals surface area contributed by atoms with E-state index in [1.54, 1.807) is 0 Å². The fourth-order valence-electron chi connectivity index (χ4n) is 3.17. The van der Waals surface area contributed by atoms with Crippen LogP contribution in [0.3, 0.4) is 0 Å². The standard InChI is InChI=1S/C13H21N3/c1-2-5-11(4-1)13-15-8-9-16(13)10-12-6-3-7-14-12/h8-9,11-12,14H,1-7,10H2. The van der Waals surface area contributed by atoms with Crippen molar-refractivity contribution in [2.24, 2.45) is 0 Å². The van der Waals surface area contributed by atoms with Crippen LogP contribution in [0.5, 0.6) is 0 Å². The van der Waals surface area contributed by atoms with Gasteiger partial charge in [-0.2, -0.15) is 0 Å². The van der Waals surface area contributed by atoms with Crippen molar-refractivity contribution in [1.82, 2.24) is 14.9 Å². The van der Waals surface area contributed by atoms with Crippen LogP contribution in [0.25, 0.3) is 0 Å². The molecule has 0 amide bonds. The summed E-state index contributed by atoms with van der Waals surface area (Å²) in [6.45, 7) is 2.31. The number of rotatable bonds is 3. The van der Waals surface area contributed by atoms with Crippen LogP contribution in [0, 0.1) is 0 Å². The number of nitrogens with zero attached hydrogens (tertiary/aromatic N) is 2. The molecule has 0 aromatic carbocycles. The van der Waals surface area contributed by atoms with E-state index in [1.165, 1.54) is 50.9 Å². The van der Waals surface area contributed by atoms with Crippen LogP contribution in [0.1, 0.15) is 50.3 Å². The van der Waals surface area contributed by atoms with Gasteiger partial charge < -0.3 is 9.88 Å². The molecule has 3 nitrogen and oxygen atoms in total. The SMILES string of the molecule is c1cn(CC2CCCN2)c(C2CCCC2)n1. The number of hydrogen-bond acceptors (Lipinski definition) is 2. The van der Waals surface area contributed by atoms with Crippen molar-refractivity contribution in [1.29, 1.82) is 0 Å². The van der Waals surface area contributed by atoms with Crippen LogP contribution in [0.2, 0.25) is 0 Å². The summed E-state index contributed by atoms with van der Waals surface area (Å²) in [5.74, 6) is 2.07. The smallest absolute Gasteiger partial charge is 0.111 e. The summed E-state index contributed by atoms with van der Waals surface area (Å²) in [6.07, 6.45) is 12.2. The third kappa shape index (κ3) is 2.01. The van der Waals surface area contributed by atoms with E-state index in [0.717, 1.165) is 12.5 Å². The van der Waals surface area contributed by atoms with Crippen molar-refractivity contribution >= 4 is 0 Å². The maximum absolute atomic E-state index is 4.58. The summed E-state index contributed by atoms with van der Waals surface area (Å²) in [5, 5.41) is 3.56. The lowest BCUT2D eigenvalue weighted by atomic mass is 10.1. The van der Waals surface area contributed by atoms with Crippen molar-refractivity contribution in [2.75, 3.05) is 6.54 Å². The van der Waals surface area contributed by atoms with E-state index in [-0.39, 0.29) is 0 Å². The molecule has 1 aliphatic carbocycles. The molecule has 0 spiro atoms. The number of nitrogens with one attached hydrogen (secondary N) is 1. The lowest BCUT2D eigenvalue weighted by Gasteiger charge is -2.16. The molecule has 1 atom stereocenters. The van der Waals surface area contributed by atoms with Gasteiger partial charge in [-0.3, -0.25) is 0 Å². The molecule has 1 aromatic rings. The highest BCUT2D eigenvalue weighted by Gasteiger charge is 2.23. The van der Waals surface area contributed by atoms with E-state index in [9.17, 15) is 0 Å². The van der Waals surface area contributed by atoms with Gasteiger partial charge in [0, 0.05) is 30.9 Å². The first kappa shape index (κ1) is 10.3. The first-order chi connectivity index (χ1) is 7.93. The molecule has 1 aliphatic heterocycles. The zero-order valence-electron chi connectivity index (χ0n) is 9.86. The Labute approximate surface area is 97.3 Å². The van der Waals surface area contributed by atoms with Gasteiger partial charge in [-0.1, -0.05) is 12.8 Å². The third-order valence-corrected chi connectivity index (χ3v) is 4.05. The molecule has 1 unspecified atom stereocenters. The molecule has 16 heavy (non-hydrogen) atoms. The predicted octanol–water partition coefficient (Wildman–Crippen LogP) is 2.29. The third-order valence-electron chi connectivity index (χ3n) is 4.05. The zero-order valence-corrected chi connectivity index (χ0v) is 9.86. The molecule has 1 N–H and O–H groups in total. The highest BCUT2D eigenvalue weighted by molar-refractivity contribution is 5.03. The van der Waals surface area contributed by atoms with E-state index in [4.69, 9.17) is 0 Å². The van der Waals surface area contributed by atoms with Crippen LogP contribution in [0.4, 0.5) is 0 Å². The number of hydrogen-bond donors (Lipinski definition) is 1. The number of aromatic nitrogens is 2. The van der Waals surface area contributed by atoms with E-state index < -0.39 is 0 Å². The first-order valence-electron chi connectivity index (χ1n) is 6.68. The first-order valence-corrected chi connectivity index (χ1v) is 6.68. The molecule has 1 saturated heterocycles. The van der Waals surface area contributed by atoms with Gasteiger partial charge in [0.15, 0.2) is 0 Å². The van der Waals surface area contributed by atoms with Crippen LogP contribution in [-0.4, -0.2) is 22.1 Å². The van der Waals surface area contributed by atoms with E-state index in [1.807, 2.05) is 6.20 Å². The molecular formula is C13H21N3. The Morgan fingerprint density at radius 3 is 2.88 bits per heavy atom. The van der Waals surface area contributed by atoms with Crippen molar-refractivity contribution in [3.8, 4) is 0 Å². The van der Waals surface area contributed by atoms with Crippen LogP contribution in [-0.2, 0) is 6.54 Å². The van der Waals surface area contributed by atoms with Crippen LogP contribution >= 0.6 is 0 Å². The van der Waals surface area contributed by atoms with Gasteiger partial charge in [-0.25, -0.2) is 4.98 Å². The second-order valence-corrected chi connectivity index (χ2v) is 5.21. The Morgan fingerprint density at radius 1 is 1.25 bits per heavy atom. The fourth-order valence-corrected chi connectivity index (χ4v) is 3.17. The topological polar surface area (TPSA) is 29.9 Å². The molecule has 3 heteroatoms. The average Bonchev–Trinajstić information content (AvgIpc) is 2.98. The molecule has 0 radical (unpaired) electrons. The molecule has 2 fully saturated rings. The lowest BCUT2D eigenvalue weighted by Crippen LogP contribution is -2.27. The Morgan fingerprint density at radius 2 is 2.12 bits per heavy atom. The monoisotopic (exact) mass is 219 g/mol. The quantitative estimate of drug-likeness (QED) is 0.845. The summed E-state index contributed by atoms with van der Waals surface area (Å²) in [5.41, 5.74) is 0. The molecule has 3 rings (SSSR count). The van der Waals surface area contributed by atoms with Gasteiger partial charge in [0.05, 0.1) is 0 Å². The maximum Gasteiger partial charge on any atom is 0.111 e. The summed E-state index contributed by atoms with van der Waals surface area (Å²) in [7, 11) is 0. The predicted molar refractivity (Wildman–Crippen MR) is 64.5 cm³/mol.